The Labute approximate surface area is 160 Å². The summed E-state index contributed by atoms with van der Waals surface area (Å²) in [6.45, 7) is 3.68. The first-order valence-corrected chi connectivity index (χ1v) is 9.93. The number of hydrogen-bond donors (Lipinski definition) is 0. The maximum Gasteiger partial charge on any atom is 0.226 e. The first-order valence-electron chi connectivity index (χ1n) is 9.93. The van der Waals surface area contributed by atoms with Gasteiger partial charge in [0, 0.05) is 43.4 Å². The van der Waals surface area contributed by atoms with Crippen molar-refractivity contribution in [2.24, 2.45) is 5.92 Å². The Morgan fingerprint density at radius 3 is 2.56 bits per heavy atom. The van der Waals surface area contributed by atoms with Crippen LogP contribution in [0.3, 0.4) is 0 Å². The van der Waals surface area contributed by atoms with E-state index in [0.717, 1.165) is 49.9 Å². The van der Waals surface area contributed by atoms with Gasteiger partial charge in [-0.1, -0.05) is 29.8 Å². The molecule has 0 saturated carbocycles. The van der Waals surface area contributed by atoms with E-state index < -0.39 is 0 Å². The van der Waals surface area contributed by atoms with Gasteiger partial charge in [-0.3, -0.25) is 14.6 Å². The third-order valence-corrected chi connectivity index (χ3v) is 6.10. The molecule has 1 aliphatic carbocycles. The number of carbonyl (C=O) groups excluding carboxylic acids is 2. The Hall–Kier alpha value is -2.49. The predicted octanol–water partition coefficient (Wildman–Crippen LogP) is 3.93. The van der Waals surface area contributed by atoms with Gasteiger partial charge in [-0.05, 0) is 55.7 Å². The van der Waals surface area contributed by atoms with Crippen LogP contribution in [0.4, 0.5) is 0 Å². The lowest BCUT2D eigenvalue weighted by atomic mass is 9.88. The van der Waals surface area contributed by atoms with Crippen molar-refractivity contribution in [1.29, 1.82) is 0 Å². The zero-order chi connectivity index (χ0) is 18.8. The smallest absolute Gasteiger partial charge is 0.226 e. The molecule has 2 aromatic rings. The van der Waals surface area contributed by atoms with E-state index in [0.29, 0.717) is 12.3 Å². The highest BCUT2D eigenvalue weighted by Crippen LogP contribution is 2.31. The number of ketones is 1. The molecule has 4 rings (SSSR count). The van der Waals surface area contributed by atoms with Crippen molar-refractivity contribution < 1.29 is 9.59 Å². The number of amides is 1. The molecule has 1 aliphatic heterocycles. The number of piperidine rings is 1. The second-order valence-corrected chi connectivity index (χ2v) is 7.91. The van der Waals surface area contributed by atoms with E-state index in [-0.39, 0.29) is 17.6 Å². The van der Waals surface area contributed by atoms with Crippen molar-refractivity contribution in [3.63, 3.8) is 0 Å². The van der Waals surface area contributed by atoms with Gasteiger partial charge < -0.3 is 4.90 Å². The summed E-state index contributed by atoms with van der Waals surface area (Å²) in [5.74, 6) is 0.575. The monoisotopic (exact) mass is 362 g/mol. The lowest BCUT2D eigenvalue weighted by Gasteiger charge is -2.34. The highest BCUT2D eigenvalue weighted by molar-refractivity contribution is 6.00. The van der Waals surface area contributed by atoms with E-state index in [2.05, 4.69) is 36.2 Å². The van der Waals surface area contributed by atoms with Crippen LogP contribution in [0.2, 0.25) is 0 Å². The van der Waals surface area contributed by atoms with E-state index in [9.17, 15) is 9.59 Å². The van der Waals surface area contributed by atoms with Crippen LogP contribution in [0.1, 0.15) is 58.6 Å². The number of hydrogen-bond acceptors (Lipinski definition) is 3. The number of pyridine rings is 1. The van der Waals surface area contributed by atoms with Crippen molar-refractivity contribution in [2.75, 3.05) is 13.1 Å². The average molecular weight is 362 g/mol. The highest BCUT2D eigenvalue weighted by atomic mass is 16.2. The van der Waals surface area contributed by atoms with Gasteiger partial charge in [0.25, 0.3) is 0 Å². The fraction of sp³-hybridized carbons (Fsp3) is 0.435. The van der Waals surface area contributed by atoms with Crippen molar-refractivity contribution in [3.8, 4) is 0 Å². The minimum absolute atomic E-state index is 0.0813. The van der Waals surface area contributed by atoms with Crippen molar-refractivity contribution in [2.45, 2.75) is 44.9 Å². The van der Waals surface area contributed by atoms with Crippen LogP contribution in [0.15, 0.2) is 42.7 Å². The Balaban J connectivity index is 1.38. The summed E-state index contributed by atoms with van der Waals surface area (Å²) in [7, 11) is 0. The van der Waals surface area contributed by atoms with E-state index in [1.165, 1.54) is 11.1 Å². The van der Waals surface area contributed by atoms with Gasteiger partial charge in [0.2, 0.25) is 5.91 Å². The topological polar surface area (TPSA) is 50.3 Å². The molecule has 0 radical (unpaired) electrons. The normalized spacial score (nSPS) is 20.9. The molecule has 1 atom stereocenters. The van der Waals surface area contributed by atoms with Crippen LogP contribution < -0.4 is 0 Å². The number of Topliss-reactive ketones (excluding diaryl/α,β-unsaturated/α-hetero) is 1. The molecule has 1 amide bonds. The molecule has 0 bridgehead atoms. The van der Waals surface area contributed by atoms with Gasteiger partial charge in [0.05, 0.1) is 0 Å². The highest BCUT2D eigenvalue weighted by Gasteiger charge is 2.32. The summed E-state index contributed by atoms with van der Waals surface area (Å²) in [6.07, 6.45) is 7.25. The van der Waals surface area contributed by atoms with Crippen LogP contribution in [0.25, 0.3) is 0 Å². The summed E-state index contributed by atoms with van der Waals surface area (Å²) in [5.41, 5.74) is 4.38. The SMILES string of the molecule is Cc1ccc(C2CCN(C(=O)C3CCc4cnccc4C(=O)C3)CC2)cc1. The van der Waals surface area contributed by atoms with Crippen molar-refractivity contribution >= 4 is 11.7 Å². The molecule has 4 nitrogen and oxygen atoms in total. The van der Waals surface area contributed by atoms with Gasteiger partial charge in [-0.25, -0.2) is 0 Å². The Morgan fingerprint density at radius 1 is 1.07 bits per heavy atom. The van der Waals surface area contributed by atoms with Gasteiger partial charge in [-0.15, -0.1) is 0 Å². The Morgan fingerprint density at radius 2 is 1.81 bits per heavy atom. The number of rotatable bonds is 2. The zero-order valence-electron chi connectivity index (χ0n) is 15.9. The average Bonchev–Trinajstić information content (AvgIpc) is 2.87. The second kappa shape index (κ2) is 7.63. The molecule has 4 heteroatoms. The van der Waals surface area contributed by atoms with Crippen LogP contribution >= 0.6 is 0 Å². The molecule has 27 heavy (non-hydrogen) atoms. The molecule has 2 heterocycles. The third-order valence-electron chi connectivity index (χ3n) is 6.10. The molecule has 140 valence electrons. The number of benzene rings is 1. The largest absolute Gasteiger partial charge is 0.342 e. The van der Waals surface area contributed by atoms with Gasteiger partial charge >= 0.3 is 0 Å². The molecule has 2 aliphatic rings. The molecular formula is C23H26N2O2. The zero-order valence-corrected chi connectivity index (χ0v) is 15.9. The summed E-state index contributed by atoms with van der Waals surface area (Å²) in [5, 5.41) is 0. The lowest BCUT2D eigenvalue weighted by molar-refractivity contribution is -0.136. The Bertz CT molecular complexity index is 836. The molecule has 1 aromatic carbocycles. The molecular weight excluding hydrogens is 336 g/mol. The van der Waals surface area contributed by atoms with Gasteiger partial charge in [-0.2, -0.15) is 0 Å². The second-order valence-electron chi connectivity index (χ2n) is 7.91. The molecule has 0 spiro atoms. The number of carbonyl (C=O) groups is 2. The summed E-state index contributed by atoms with van der Waals surface area (Å²) >= 11 is 0. The maximum absolute atomic E-state index is 13.0. The predicted molar refractivity (Wildman–Crippen MR) is 105 cm³/mol. The van der Waals surface area contributed by atoms with Crippen LogP contribution in [-0.4, -0.2) is 34.7 Å². The molecule has 1 saturated heterocycles. The van der Waals surface area contributed by atoms with E-state index in [1.807, 2.05) is 4.90 Å². The first kappa shape index (κ1) is 17.9. The fourth-order valence-electron chi connectivity index (χ4n) is 4.40. The Kier molecular flexibility index (Phi) is 5.06. The van der Waals surface area contributed by atoms with E-state index >= 15 is 0 Å². The minimum atomic E-state index is -0.194. The summed E-state index contributed by atoms with van der Waals surface area (Å²) in [6, 6.07) is 10.5. The molecule has 1 aromatic heterocycles. The molecule has 1 unspecified atom stereocenters. The number of likely N-dealkylation sites (tertiary alicyclic amines) is 1. The minimum Gasteiger partial charge on any atom is -0.342 e. The van der Waals surface area contributed by atoms with Crippen molar-refractivity contribution in [1.82, 2.24) is 9.88 Å². The van der Waals surface area contributed by atoms with Gasteiger partial charge in [0.1, 0.15) is 0 Å². The van der Waals surface area contributed by atoms with Gasteiger partial charge in [0.15, 0.2) is 5.78 Å². The van der Waals surface area contributed by atoms with E-state index in [1.54, 1.807) is 18.5 Å². The lowest BCUT2D eigenvalue weighted by Crippen LogP contribution is -2.41. The molecule has 1 fully saturated rings. The number of nitrogens with zero attached hydrogens (tertiary/aromatic N) is 2. The quantitative estimate of drug-likeness (QED) is 0.761. The van der Waals surface area contributed by atoms with Crippen molar-refractivity contribution in [3.05, 3.63) is 65.0 Å². The third kappa shape index (κ3) is 3.80. The first-order chi connectivity index (χ1) is 13.1. The van der Waals surface area contributed by atoms with Crippen LogP contribution in [-0.2, 0) is 11.2 Å². The van der Waals surface area contributed by atoms with E-state index in [4.69, 9.17) is 0 Å². The fourth-order valence-corrected chi connectivity index (χ4v) is 4.40. The van der Waals surface area contributed by atoms with Crippen LogP contribution in [0, 0.1) is 12.8 Å². The van der Waals surface area contributed by atoms with Crippen LogP contribution in [0.5, 0.6) is 0 Å². The molecule has 0 N–H and O–H groups in total. The summed E-state index contributed by atoms with van der Waals surface area (Å²) < 4.78 is 0. The number of fused-ring (bicyclic) bond motifs is 1. The number of aryl methyl sites for hydroxylation is 2. The number of aromatic nitrogens is 1. The summed E-state index contributed by atoms with van der Waals surface area (Å²) in [4.78, 5) is 31.7. The standard InChI is InChI=1S/C23H26N2O2/c1-16-2-4-17(5-3-16)18-9-12-25(13-10-18)23(27)19-6-7-20-15-24-11-8-21(20)22(26)14-19/h2-5,8,11,15,18-19H,6-7,9-10,12-14H2,1H3. The maximum atomic E-state index is 13.0.